The Bertz CT molecular complexity index is 430. The van der Waals surface area contributed by atoms with Crippen LogP contribution in [0.25, 0.3) is 0 Å². The number of hydrogen-bond acceptors (Lipinski definition) is 4. The van der Waals surface area contributed by atoms with Gasteiger partial charge >= 0.3 is 0 Å². The van der Waals surface area contributed by atoms with Crippen LogP contribution in [0.3, 0.4) is 0 Å². The number of ether oxygens (including phenoxy) is 1. The molecule has 1 fully saturated rings. The molecule has 2 unspecified atom stereocenters. The Morgan fingerprint density at radius 2 is 2.41 bits per heavy atom. The van der Waals surface area contributed by atoms with Gasteiger partial charge in [-0.25, -0.2) is 4.39 Å². The molecule has 1 aromatic rings. The van der Waals surface area contributed by atoms with Crippen molar-refractivity contribution in [3.8, 4) is 0 Å². The summed E-state index contributed by atoms with van der Waals surface area (Å²) in [5, 5.41) is 0. The SMILES string of the molecule is NCC1CN(c2ccc(I)c(F)c2)C(C=O)O1. The van der Waals surface area contributed by atoms with Crippen molar-refractivity contribution >= 4 is 34.6 Å². The molecule has 0 aromatic heterocycles. The van der Waals surface area contributed by atoms with Gasteiger partial charge in [0.1, 0.15) is 5.82 Å². The molecule has 17 heavy (non-hydrogen) atoms. The second-order valence-electron chi connectivity index (χ2n) is 3.77. The van der Waals surface area contributed by atoms with Crippen molar-refractivity contribution < 1.29 is 13.9 Å². The minimum absolute atomic E-state index is 0.187. The van der Waals surface area contributed by atoms with E-state index in [-0.39, 0.29) is 11.9 Å². The van der Waals surface area contributed by atoms with Crippen LogP contribution < -0.4 is 10.6 Å². The highest BCUT2D eigenvalue weighted by molar-refractivity contribution is 14.1. The maximum absolute atomic E-state index is 13.5. The van der Waals surface area contributed by atoms with Crippen molar-refractivity contribution in [2.45, 2.75) is 12.3 Å². The molecule has 1 saturated heterocycles. The summed E-state index contributed by atoms with van der Waals surface area (Å²) in [5.41, 5.74) is 6.14. The van der Waals surface area contributed by atoms with E-state index in [0.29, 0.717) is 28.6 Å². The first kappa shape index (κ1) is 12.7. The van der Waals surface area contributed by atoms with E-state index in [1.165, 1.54) is 6.07 Å². The van der Waals surface area contributed by atoms with Crippen molar-refractivity contribution in [1.29, 1.82) is 0 Å². The Balaban J connectivity index is 2.25. The first-order chi connectivity index (χ1) is 8.15. The van der Waals surface area contributed by atoms with E-state index >= 15 is 0 Å². The minimum Gasteiger partial charge on any atom is -0.345 e. The van der Waals surface area contributed by atoms with Crippen LogP contribution in [-0.4, -0.2) is 31.7 Å². The molecular weight excluding hydrogens is 338 g/mol. The number of rotatable bonds is 3. The van der Waals surface area contributed by atoms with Gasteiger partial charge < -0.3 is 15.4 Å². The first-order valence-electron chi connectivity index (χ1n) is 5.18. The molecule has 92 valence electrons. The van der Waals surface area contributed by atoms with Gasteiger partial charge in [0.05, 0.1) is 6.10 Å². The lowest BCUT2D eigenvalue weighted by molar-refractivity contribution is -0.117. The zero-order valence-electron chi connectivity index (χ0n) is 8.98. The topological polar surface area (TPSA) is 55.6 Å². The molecule has 0 radical (unpaired) electrons. The Labute approximate surface area is 112 Å². The van der Waals surface area contributed by atoms with Crippen molar-refractivity contribution in [3.63, 3.8) is 0 Å². The second-order valence-corrected chi connectivity index (χ2v) is 4.93. The van der Waals surface area contributed by atoms with E-state index in [4.69, 9.17) is 10.5 Å². The summed E-state index contributed by atoms with van der Waals surface area (Å²) in [6.07, 6.45) is -0.165. The number of nitrogens with two attached hydrogens (primary N) is 1. The summed E-state index contributed by atoms with van der Waals surface area (Å²) >= 11 is 1.92. The van der Waals surface area contributed by atoms with Crippen molar-refractivity contribution in [3.05, 3.63) is 27.6 Å². The van der Waals surface area contributed by atoms with Gasteiger partial charge in [0.25, 0.3) is 0 Å². The highest BCUT2D eigenvalue weighted by atomic mass is 127. The maximum atomic E-state index is 13.5. The van der Waals surface area contributed by atoms with Crippen LogP contribution in [0.5, 0.6) is 0 Å². The largest absolute Gasteiger partial charge is 0.345 e. The number of benzene rings is 1. The van der Waals surface area contributed by atoms with E-state index in [2.05, 4.69) is 0 Å². The highest BCUT2D eigenvalue weighted by Crippen LogP contribution is 2.25. The summed E-state index contributed by atoms with van der Waals surface area (Å²) in [6, 6.07) is 4.84. The van der Waals surface area contributed by atoms with Gasteiger partial charge in [-0.15, -0.1) is 0 Å². The van der Waals surface area contributed by atoms with Crippen LogP contribution in [-0.2, 0) is 9.53 Å². The molecule has 1 aliphatic rings. The van der Waals surface area contributed by atoms with E-state index < -0.39 is 6.23 Å². The highest BCUT2D eigenvalue weighted by Gasteiger charge is 2.32. The molecule has 6 heteroatoms. The lowest BCUT2D eigenvalue weighted by atomic mass is 10.2. The van der Waals surface area contributed by atoms with E-state index in [0.717, 1.165) is 0 Å². The van der Waals surface area contributed by atoms with Crippen molar-refractivity contribution in [2.24, 2.45) is 5.73 Å². The number of halogens is 2. The first-order valence-corrected chi connectivity index (χ1v) is 6.26. The summed E-state index contributed by atoms with van der Waals surface area (Å²) < 4.78 is 19.4. The zero-order valence-corrected chi connectivity index (χ0v) is 11.1. The lowest BCUT2D eigenvalue weighted by Crippen LogP contribution is -2.31. The Hall–Kier alpha value is -0.730. The van der Waals surface area contributed by atoms with Gasteiger partial charge in [0, 0.05) is 22.3 Å². The number of anilines is 1. The fraction of sp³-hybridized carbons (Fsp3) is 0.364. The third-order valence-electron chi connectivity index (χ3n) is 2.65. The van der Waals surface area contributed by atoms with Crippen LogP contribution >= 0.6 is 22.6 Å². The number of carbonyl (C=O) groups excluding carboxylic acids is 1. The molecule has 2 N–H and O–H groups in total. The van der Waals surface area contributed by atoms with E-state index in [1.807, 2.05) is 22.6 Å². The predicted octanol–water partition coefficient (Wildman–Crippen LogP) is 1.12. The quantitative estimate of drug-likeness (QED) is 0.656. The van der Waals surface area contributed by atoms with E-state index in [9.17, 15) is 9.18 Å². The fourth-order valence-electron chi connectivity index (χ4n) is 1.79. The third kappa shape index (κ3) is 2.58. The standard InChI is InChI=1S/C11H12FIN2O2/c12-9-3-7(1-2-10(9)13)15-5-8(4-14)17-11(15)6-16/h1-3,6,8,11H,4-5,14H2. The predicted molar refractivity (Wildman–Crippen MR) is 70.2 cm³/mol. The lowest BCUT2D eigenvalue weighted by Gasteiger charge is -2.20. The van der Waals surface area contributed by atoms with Gasteiger partial charge in [-0.05, 0) is 40.8 Å². The van der Waals surface area contributed by atoms with Crippen LogP contribution in [0.4, 0.5) is 10.1 Å². The van der Waals surface area contributed by atoms with Gasteiger partial charge in [0.2, 0.25) is 0 Å². The molecule has 2 rings (SSSR count). The fourth-order valence-corrected chi connectivity index (χ4v) is 2.12. The van der Waals surface area contributed by atoms with Gasteiger partial charge in [-0.2, -0.15) is 0 Å². The molecular formula is C11H12FIN2O2. The molecule has 0 aliphatic carbocycles. The Morgan fingerprint density at radius 1 is 1.65 bits per heavy atom. The summed E-state index contributed by atoms with van der Waals surface area (Å²) in [4.78, 5) is 12.6. The average molecular weight is 350 g/mol. The number of hydrogen-bond donors (Lipinski definition) is 1. The third-order valence-corrected chi connectivity index (χ3v) is 3.53. The van der Waals surface area contributed by atoms with E-state index in [1.54, 1.807) is 17.0 Å². The Morgan fingerprint density at radius 3 is 3.00 bits per heavy atom. The average Bonchev–Trinajstić information content (AvgIpc) is 2.76. The molecule has 1 heterocycles. The minimum atomic E-state index is -0.678. The summed E-state index contributed by atoms with van der Waals surface area (Å²) in [6.45, 7) is 0.841. The number of carbonyl (C=O) groups is 1. The van der Waals surface area contributed by atoms with Crippen molar-refractivity contribution in [1.82, 2.24) is 0 Å². The monoisotopic (exact) mass is 350 g/mol. The molecule has 0 saturated carbocycles. The molecule has 0 bridgehead atoms. The molecule has 0 amide bonds. The normalized spacial score (nSPS) is 24.1. The van der Waals surface area contributed by atoms with Gasteiger partial charge in [-0.1, -0.05) is 0 Å². The van der Waals surface area contributed by atoms with Crippen LogP contribution in [0.2, 0.25) is 0 Å². The molecule has 0 spiro atoms. The van der Waals surface area contributed by atoms with Crippen LogP contribution in [0.1, 0.15) is 0 Å². The van der Waals surface area contributed by atoms with Crippen molar-refractivity contribution in [2.75, 3.05) is 18.0 Å². The summed E-state index contributed by atoms with van der Waals surface area (Å²) in [7, 11) is 0. The van der Waals surface area contributed by atoms with Gasteiger partial charge in [-0.3, -0.25) is 4.79 Å². The molecule has 2 atom stereocenters. The second kappa shape index (κ2) is 5.28. The molecule has 1 aromatic carbocycles. The summed E-state index contributed by atoms with van der Waals surface area (Å²) in [5.74, 6) is -0.302. The Kier molecular flexibility index (Phi) is 3.95. The maximum Gasteiger partial charge on any atom is 0.187 e. The van der Waals surface area contributed by atoms with Gasteiger partial charge in [0.15, 0.2) is 12.5 Å². The van der Waals surface area contributed by atoms with Crippen LogP contribution in [0, 0.1) is 9.39 Å². The molecule has 1 aliphatic heterocycles. The molecule has 4 nitrogen and oxygen atoms in total. The number of aldehydes is 1. The zero-order chi connectivity index (χ0) is 12.4. The van der Waals surface area contributed by atoms with Crippen LogP contribution in [0.15, 0.2) is 18.2 Å². The smallest absolute Gasteiger partial charge is 0.187 e. The number of nitrogens with zero attached hydrogens (tertiary/aromatic N) is 1.